The van der Waals surface area contributed by atoms with Gasteiger partial charge >= 0.3 is 0 Å². The number of nitriles is 1. The maximum absolute atomic E-state index is 13.7. The Hall–Kier alpha value is -3.63. The van der Waals surface area contributed by atoms with Crippen LogP contribution in [-0.4, -0.2) is 56.7 Å². The van der Waals surface area contributed by atoms with E-state index in [0.29, 0.717) is 5.56 Å². The second-order valence-corrected chi connectivity index (χ2v) is 14.1. The Balaban J connectivity index is 1.83. The molecule has 2 aromatic rings. The highest BCUT2D eigenvalue weighted by molar-refractivity contribution is 7.93. The minimum absolute atomic E-state index is 0.0301. The number of fused-ring (bicyclic) bond motifs is 1. The molecule has 0 radical (unpaired) electrons. The maximum atomic E-state index is 13.7. The molecule has 0 spiro atoms. The third kappa shape index (κ3) is 4.93. The number of anilines is 1. The molecule has 1 saturated heterocycles. The highest BCUT2D eigenvalue weighted by atomic mass is 32.2. The molecule has 0 aliphatic carbocycles. The van der Waals surface area contributed by atoms with Crippen LogP contribution < -0.4 is 4.72 Å². The van der Waals surface area contributed by atoms with Crippen molar-refractivity contribution in [2.24, 2.45) is 16.3 Å². The quantitative estimate of drug-likeness (QED) is 0.551. The fourth-order valence-electron chi connectivity index (χ4n) is 4.80. The van der Waals surface area contributed by atoms with Crippen molar-refractivity contribution in [3.8, 4) is 6.07 Å². The van der Waals surface area contributed by atoms with Crippen LogP contribution in [0.25, 0.3) is 0 Å². The summed E-state index contributed by atoms with van der Waals surface area (Å²) in [5.74, 6) is -3.36. The lowest BCUT2D eigenvalue weighted by atomic mass is 9.81. The van der Waals surface area contributed by atoms with Gasteiger partial charge in [0.1, 0.15) is 11.7 Å². The standard InChI is InChI=1S/C25H25FN4O6S2/c1-25(2,3)23-22(31)20(24(32)30(23)13-14-5-7-15(26)8-6-14)21-19(12-27)38(35,36)18-11-16(29-37(4,33)34)9-10-17(18)28-21/h5-11,19-20,23,29H,13H2,1-4H3/t19?,20?,23-/m1/s1. The third-order valence-corrected chi connectivity index (χ3v) is 8.81. The number of halogens is 1. The number of carbonyl (C=O) groups is 2. The molecular weight excluding hydrogens is 535 g/mol. The Morgan fingerprint density at radius 2 is 1.76 bits per heavy atom. The highest BCUT2D eigenvalue weighted by Gasteiger charge is 2.57. The van der Waals surface area contributed by atoms with Gasteiger partial charge in [0.2, 0.25) is 25.8 Å². The van der Waals surface area contributed by atoms with Crippen molar-refractivity contribution in [1.82, 2.24) is 4.90 Å². The molecule has 2 unspecified atom stereocenters. The first-order chi connectivity index (χ1) is 17.5. The Bertz CT molecular complexity index is 1620. The Kier molecular flexibility index (Phi) is 6.70. The van der Waals surface area contributed by atoms with E-state index in [1.165, 1.54) is 41.3 Å². The number of benzene rings is 2. The van der Waals surface area contributed by atoms with E-state index in [0.717, 1.165) is 12.3 Å². The molecule has 1 N–H and O–H groups in total. The number of hydrogen-bond acceptors (Lipinski definition) is 8. The second kappa shape index (κ2) is 9.28. The average molecular weight is 561 g/mol. The summed E-state index contributed by atoms with van der Waals surface area (Å²) in [4.78, 5) is 32.7. The van der Waals surface area contributed by atoms with Gasteiger partial charge in [-0.2, -0.15) is 5.26 Å². The molecule has 38 heavy (non-hydrogen) atoms. The molecule has 1 amide bonds. The van der Waals surface area contributed by atoms with Crippen LogP contribution >= 0.6 is 0 Å². The van der Waals surface area contributed by atoms with E-state index in [1.807, 2.05) is 0 Å². The van der Waals surface area contributed by atoms with E-state index in [2.05, 4.69) is 9.71 Å². The fraction of sp³-hybridized carbons (Fsp3) is 0.360. The predicted octanol–water partition coefficient (Wildman–Crippen LogP) is 2.59. The molecule has 200 valence electrons. The van der Waals surface area contributed by atoms with Crippen molar-refractivity contribution in [3.05, 3.63) is 53.8 Å². The SMILES string of the molecule is CC(C)(C)[C@H]1C(=O)C(C2=Nc3ccc(NS(C)(=O)=O)cc3S(=O)(=O)C2C#N)C(=O)N1Cc1ccc(F)cc1. The summed E-state index contributed by atoms with van der Waals surface area (Å²) in [5.41, 5.74) is -0.739. The fourth-order valence-corrected chi connectivity index (χ4v) is 6.95. The van der Waals surface area contributed by atoms with Crippen molar-refractivity contribution < 1.29 is 30.8 Å². The largest absolute Gasteiger partial charge is 0.327 e. The zero-order chi connectivity index (χ0) is 28.2. The van der Waals surface area contributed by atoms with Crippen LogP contribution in [0, 0.1) is 28.5 Å². The molecule has 2 aliphatic heterocycles. The van der Waals surface area contributed by atoms with E-state index in [1.54, 1.807) is 26.8 Å². The number of rotatable bonds is 5. The molecular formula is C25H25FN4O6S2. The van der Waals surface area contributed by atoms with Gasteiger partial charge in [0.25, 0.3) is 0 Å². The number of amides is 1. The molecule has 2 aromatic carbocycles. The molecule has 10 nitrogen and oxygen atoms in total. The smallest absolute Gasteiger partial charge is 0.240 e. The number of sulfone groups is 1. The first kappa shape index (κ1) is 27.4. The van der Waals surface area contributed by atoms with Crippen LogP contribution in [0.4, 0.5) is 15.8 Å². The number of likely N-dealkylation sites (tertiary alicyclic amines) is 1. The van der Waals surface area contributed by atoms with E-state index in [9.17, 15) is 36.1 Å². The van der Waals surface area contributed by atoms with Crippen LogP contribution in [-0.2, 0) is 36.0 Å². The topological polar surface area (TPSA) is 154 Å². The summed E-state index contributed by atoms with van der Waals surface area (Å²) in [6, 6.07) is 9.73. The number of aliphatic imine (C=N–C) groups is 1. The number of Topliss-reactive ketones (excluding diaryl/α,β-unsaturated/α-hetero) is 1. The normalized spacial score (nSPS) is 23.0. The lowest BCUT2D eigenvalue weighted by Gasteiger charge is -2.33. The van der Waals surface area contributed by atoms with Gasteiger partial charge in [-0.05, 0) is 41.3 Å². The molecule has 3 atom stereocenters. The zero-order valence-corrected chi connectivity index (χ0v) is 22.6. The summed E-state index contributed by atoms with van der Waals surface area (Å²) in [6.07, 6.45) is 0.899. The Morgan fingerprint density at radius 3 is 2.32 bits per heavy atom. The second-order valence-electron chi connectivity index (χ2n) is 10.3. The minimum Gasteiger partial charge on any atom is -0.327 e. The number of sulfonamides is 1. The number of nitrogens with zero attached hydrogens (tertiary/aromatic N) is 3. The van der Waals surface area contributed by atoms with Crippen LogP contribution in [0.3, 0.4) is 0 Å². The van der Waals surface area contributed by atoms with E-state index in [4.69, 9.17) is 0 Å². The maximum Gasteiger partial charge on any atom is 0.240 e. The Morgan fingerprint density at radius 1 is 1.13 bits per heavy atom. The highest BCUT2D eigenvalue weighted by Crippen LogP contribution is 2.41. The number of nitrogens with one attached hydrogen (secondary N) is 1. The van der Waals surface area contributed by atoms with E-state index < -0.39 is 70.6 Å². The number of carbonyl (C=O) groups excluding carboxylic acids is 2. The monoisotopic (exact) mass is 560 g/mol. The number of hydrogen-bond donors (Lipinski definition) is 1. The van der Waals surface area contributed by atoms with Gasteiger partial charge in [-0.25, -0.2) is 21.2 Å². The van der Waals surface area contributed by atoms with Crippen LogP contribution in [0.15, 0.2) is 52.4 Å². The van der Waals surface area contributed by atoms with E-state index in [-0.39, 0.29) is 17.9 Å². The van der Waals surface area contributed by atoms with Crippen molar-refractivity contribution in [2.75, 3.05) is 11.0 Å². The molecule has 1 fully saturated rings. The lowest BCUT2D eigenvalue weighted by Crippen LogP contribution is -2.44. The molecule has 0 bridgehead atoms. The van der Waals surface area contributed by atoms with Crippen LogP contribution in [0.5, 0.6) is 0 Å². The molecule has 0 aromatic heterocycles. The van der Waals surface area contributed by atoms with Crippen molar-refractivity contribution >= 4 is 48.6 Å². The van der Waals surface area contributed by atoms with Gasteiger partial charge in [-0.15, -0.1) is 0 Å². The third-order valence-electron chi connectivity index (χ3n) is 6.29. The molecule has 13 heteroatoms. The minimum atomic E-state index is -4.47. The van der Waals surface area contributed by atoms with Crippen LogP contribution in [0.1, 0.15) is 26.3 Å². The van der Waals surface area contributed by atoms with Crippen LogP contribution in [0.2, 0.25) is 0 Å². The van der Waals surface area contributed by atoms with Crippen molar-refractivity contribution in [3.63, 3.8) is 0 Å². The lowest BCUT2D eigenvalue weighted by molar-refractivity contribution is -0.132. The molecule has 2 heterocycles. The van der Waals surface area contributed by atoms with Gasteiger partial charge < -0.3 is 4.90 Å². The first-order valence-electron chi connectivity index (χ1n) is 11.5. The van der Waals surface area contributed by atoms with Crippen molar-refractivity contribution in [2.45, 2.75) is 43.5 Å². The summed E-state index contributed by atoms with van der Waals surface area (Å²) >= 11 is 0. The summed E-state index contributed by atoms with van der Waals surface area (Å²) in [6.45, 7) is 5.25. The number of ketones is 1. The molecule has 4 rings (SSSR count). The van der Waals surface area contributed by atoms with Gasteiger partial charge in [-0.3, -0.25) is 19.3 Å². The Labute approximate surface area is 220 Å². The van der Waals surface area contributed by atoms with Gasteiger partial charge in [0.05, 0.1) is 34.7 Å². The van der Waals surface area contributed by atoms with Gasteiger partial charge in [0.15, 0.2) is 11.0 Å². The zero-order valence-electron chi connectivity index (χ0n) is 21.0. The van der Waals surface area contributed by atoms with Gasteiger partial charge in [-0.1, -0.05) is 32.9 Å². The predicted molar refractivity (Wildman–Crippen MR) is 137 cm³/mol. The summed E-state index contributed by atoms with van der Waals surface area (Å²) in [5, 5.41) is 7.93. The van der Waals surface area contributed by atoms with E-state index >= 15 is 0 Å². The van der Waals surface area contributed by atoms with Gasteiger partial charge in [0, 0.05) is 12.2 Å². The molecule has 2 aliphatic rings. The molecule has 0 saturated carbocycles. The summed E-state index contributed by atoms with van der Waals surface area (Å²) in [7, 11) is -8.18. The summed E-state index contributed by atoms with van der Waals surface area (Å²) < 4.78 is 65.7. The van der Waals surface area contributed by atoms with Crippen molar-refractivity contribution in [1.29, 1.82) is 5.26 Å². The average Bonchev–Trinajstić information content (AvgIpc) is 3.03. The first-order valence-corrected chi connectivity index (χ1v) is 14.9.